The third kappa shape index (κ3) is 4.20. The van der Waals surface area contributed by atoms with Crippen LogP contribution in [0, 0.1) is 5.82 Å². The normalized spacial score (nSPS) is 14.7. The van der Waals surface area contributed by atoms with Gasteiger partial charge in [-0.3, -0.25) is 19.6 Å². The van der Waals surface area contributed by atoms with E-state index in [0.717, 1.165) is 9.78 Å². The summed E-state index contributed by atoms with van der Waals surface area (Å²) in [5.41, 5.74) is 1.87. The Morgan fingerprint density at radius 2 is 1.71 bits per heavy atom. The van der Waals surface area contributed by atoms with Crippen LogP contribution in [0.1, 0.15) is 21.7 Å². The van der Waals surface area contributed by atoms with Crippen molar-refractivity contribution in [2.45, 2.75) is 13.0 Å². The van der Waals surface area contributed by atoms with Crippen molar-refractivity contribution >= 4 is 29.4 Å². The molecule has 1 saturated heterocycles. The molecule has 0 unspecified atom stereocenters. The van der Waals surface area contributed by atoms with Crippen LogP contribution in [-0.2, 0) is 17.8 Å². The third-order valence-corrected chi connectivity index (χ3v) is 6.33. The molecular formula is C25H19FN4O3S. The van der Waals surface area contributed by atoms with E-state index >= 15 is 0 Å². The van der Waals surface area contributed by atoms with E-state index < -0.39 is 17.8 Å². The van der Waals surface area contributed by atoms with Crippen molar-refractivity contribution in [3.05, 3.63) is 116 Å². The van der Waals surface area contributed by atoms with Gasteiger partial charge in [-0.05, 0) is 47.4 Å². The lowest BCUT2D eigenvalue weighted by Gasteiger charge is -2.11. The summed E-state index contributed by atoms with van der Waals surface area (Å²) in [7, 11) is 0. The summed E-state index contributed by atoms with van der Waals surface area (Å²) in [4.78, 5) is 40.9. The number of imide groups is 1. The average Bonchev–Trinajstić information content (AvgIpc) is 3.53. The van der Waals surface area contributed by atoms with Crippen LogP contribution in [0.4, 0.5) is 9.18 Å². The second kappa shape index (κ2) is 8.95. The number of rotatable bonds is 6. The molecule has 9 heteroatoms. The van der Waals surface area contributed by atoms with Gasteiger partial charge in [0, 0.05) is 11.3 Å². The lowest BCUT2D eigenvalue weighted by atomic mass is 10.1. The summed E-state index contributed by atoms with van der Waals surface area (Å²) in [5.74, 6) is -0.954. The van der Waals surface area contributed by atoms with Crippen molar-refractivity contribution in [1.29, 1.82) is 0 Å². The molecule has 0 atom stereocenters. The molecule has 0 bridgehead atoms. The molecule has 7 nitrogen and oxygen atoms in total. The van der Waals surface area contributed by atoms with Crippen LogP contribution < -0.4 is 10.9 Å². The first-order chi connectivity index (χ1) is 16.5. The van der Waals surface area contributed by atoms with Gasteiger partial charge in [0.15, 0.2) is 0 Å². The largest absolute Gasteiger partial charge is 0.329 e. The standard InChI is InChI=1S/C25H19FN4O3S/c26-17-10-8-16(9-11-17)15-29-24(32)22(27-25(29)33)14-20-21(13-19-7-4-12-34-19)28-30(23(20)31)18-5-2-1-3-6-18/h1-12,14,28H,13,15H2,(H,27,33). The van der Waals surface area contributed by atoms with Gasteiger partial charge in [0.05, 0.1) is 23.5 Å². The Morgan fingerprint density at radius 1 is 0.941 bits per heavy atom. The summed E-state index contributed by atoms with van der Waals surface area (Å²) in [6, 6.07) is 18.0. The molecule has 0 radical (unpaired) electrons. The number of thiophene rings is 1. The molecule has 2 N–H and O–H groups in total. The molecule has 5 rings (SSSR count). The Morgan fingerprint density at radius 3 is 2.41 bits per heavy atom. The number of hydrogen-bond acceptors (Lipinski definition) is 4. The first-order valence-electron chi connectivity index (χ1n) is 10.5. The van der Waals surface area contributed by atoms with Gasteiger partial charge < -0.3 is 5.32 Å². The molecule has 170 valence electrons. The molecule has 1 fully saturated rings. The zero-order valence-corrected chi connectivity index (χ0v) is 18.6. The Hall–Kier alpha value is -4.24. The van der Waals surface area contributed by atoms with Gasteiger partial charge in [0.1, 0.15) is 11.5 Å². The van der Waals surface area contributed by atoms with Crippen molar-refractivity contribution in [2.75, 3.05) is 0 Å². The van der Waals surface area contributed by atoms with E-state index in [0.29, 0.717) is 28.9 Å². The fourth-order valence-corrected chi connectivity index (χ4v) is 4.47. The van der Waals surface area contributed by atoms with E-state index in [9.17, 15) is 18.8 Å². The Labute approximate surface area is 197 Å². The van der Waals surface area contributed by atoms with Crippen LogP contribution in [0.3, 0.4) is 0 Å². The number of benzene rings is 2. The van der Waals surface area contributed by atoms with Gasteiger partial charge in [-0.15, -0.1) is 11.3 Å². The number of aromatic amines is 1. The highest BCUT2D eigenvalue weighted by atomic mass is 32.1. The van der Waals surface area contributed by atoms with Gasteiger partial charge in [-0.1, -0.05) is 36.4 Å². The average molecular weight is 475 g/mol. The van der Waals surface area contributed by atoms with E-state index in [1.54, 1.807) is 23.5 Å². The second-order valence-electron chi connectivity index (χ2n) is 7.74. The molecule has 2 aromatic carbocycles. The number of H-pyrrole nitrogens is 1. The monoisotopic (exact) mass is 474 g/mol. The summed E-state index contributed by atoms with van der Waals surface area (Å²) in [6.07, 6.45) is 1.89. The number of hydrogen-bond donors (Lipinski definition) is 2. The predicted molar refractivity (Wildman–Crippen MR) is 127 cm³/mol. The van der Waals surface area contributed by atoms with Crippen LogP contribution in [-0.4, -0.2) is 26.6 Å². The Bertz CT molecular complexity index is 1440. The van der Waals surface area contributed by atoms with Crippen molar-refractivity contribution < 1.29 is 14.0 Å². The number of halogens is 1. The van der Waals surface area contributed by atoms with Crippen LogP contribution in [0.5, 0.6) is 0 Å². The van der Waals surface area contributed by atoms with Crippen LogP contribution in [0.25, 0.3) is 11.8 Å². The van der Waals surface area contributed by atoms with E-state index in [-0.39, 0.29) is 17.8 Å². The molecule has 0 spiro atoms. The van der Waals surface area contributed by atoms with E-state index in [4.69, 9.17) is 0 Å². The van der Waals surface area contributed by atoms with Crippen molar-refractivity contribution in [3.63, 3.8) is 0 Å². The number of para-hydroxylation sites is 1. The highest BCUT2D eigenvalue weighted by molar-refractivity contribution is 7.09. The SMILES string of the molecule is O=C1NC(=Cc2c(Cc3cccs3)[nH]n(-c3ccccc3)c2=O)C(=O)N1Cc1ccc(F)cc1. The van der Waals surface area contributed by atoms with E-state index in [1.165, 1.54) is 35.0 Å². The minimum atomic E-state index is -0.598. The zero-order chi connectivity index (χ0) is 23.7. The lowest BCUT2D eigenvalue weighted by molar-refractivity contribution is -0.123. The smallest absolute Gasteiger partial charge is 0.303 e. The maximum atomic E-state index is 13.3. The Balaban J connectivity index is 1.51. The quantitative estimate of drug-likeness (QED) is 0.327. The Kier molecular flexibility index (Phi) is 5.69. The number of nitrogens with one attached hydrogen (secondary N) is 2. The summed E-state index contributed by atoms with van der Waals surface area (Å²) >= 11 is 1.56. The predicted octanol–water partition coefficient (Wildman–Crippen LogP) is 4.05. The van der Waals surface area contributed by atoms with Crippen molar-refractivity contribution in [2.24, 2.45) is 0 Å². The topological polar surface area (TPSA) is 87.2 Å². The van der Waals surface area contributed by atoms with Crippen molar-refractivity contribution in [1.82, 2.24) is 20.0 Å². The number of aromatic nitrogens is 2. The first kappa shape index (κ1) is 21.6. The minimum Gasteiger partial charge on any atom is -0.303 e. The van der Waals surface area contributed by atoms with Gasteiger partial charge in [0.25, 0.3) is 11.5 Å². The lowest BCUT2D eigenvalue weighted by Crippen LogP contribution is -2.30. The fraction of sp³-hybridized carbons (Fsp3) is 0.0800. The maximum Gasteiger partial charge on any atom is 0.329 e. The minimum absolute atomic E-state index is 0.00821. The van der Waals surface area contributed by atoms with Crippen molar-refractivity contribution in [3.8, 4) is 5.69 Å². The molecule has 0 saturated carbocycles. The van der Waals surface area contributed by atoms with Gasteiger partial charge in [0.2, 0.25) is 0 Å². The summed E-state index contributed by atoms with van der Waals surface area (Å²) < 4.78 is 14.6. The molecule has 1 aliphatic heterocycles. The van der Waals surface area contributed by atoms with Gasteiger partial charge in [-0.25, -0.2) is 13.9 Å². The van der Waals surface area contributed by atoms with Crippen LogP contribution in [0.15, 0.2) is 82.6 Å². The van der Waals surface area contributed by atoms with Gasteiger partial charge in [-0.2, -0.15) is 0 Å². The molecule has 3 heterocycles. The van der Waals surface area contributed by atoms with E-state index in [2.05, 4.69) is 10.4 Å². The molecule has 3 amide bonds. The fourth-order valence-electron chi connectivity index (χ4n) is 3.76. The molecular weight excluding hydrogens is 455 g/mol. The molecule has 0 aliphatic carbocycles. The molecule has 4 aromatic rings. The number of carbonyl (C=O) groups excluding carboxylic acids is 2. The number of carbonyl (C=O) groups is 2. The number of nitrogens with zero attached hydrogens (tertiary/aromatic N) is 2. The summed E-state index contributed by atoms with van der Waals surface area (Å²) in [6.45, 7) is -0.00821. The third-order valence-electron chi connectivity index (χ3n) is 5.46. The highest BCUT2D eigenvalue weighted by Gasteiger charge is 2.34. The highest BCUT2D eigenvalue weighted by Crippen LogP contribution is 2.21. The maximum absolute atomic E-state index is 13.3. The van der Waals surface area contributed by atoms with E-state index in [1.807, 2.05) is 35.7 Å². The second-order valence-corrected chi connectivity index (χ2v) is 8.77. The summed E-state index contributed by atoms with van der Waals surface area (Å²) in [5, 5.41) is 7.67. The van der Waals surface area contributed by atoms with Gasteiger partial charge >= 0.3 is 6.03 Å². The van der Waals surface area contributed by atoms with Crippen LogP contribution >= 0.6 is 11.3 Å². The molecule has 1 aliphatic rings. The first-order valence-corrected chi connectivity index (χ1v) is 11.4. The number of amides is 3. The zero-order valence-electron chi connectivity index (χ0n) is 17.8. The molecule has 2 aromatic heterocycles. The molecule has 34 heavy (non-hydrogen) atoms. The number of urea groups is 1. The van der Waals surface area contributed by atoms with Crippen LogP contribution in [0.2, 0.25) is 0 Å².